The number of nitrogens with one attached hydrogen (secondary N) is 1. The molecule has 0 radical (unpaired) electrons. The molecule has 0 saturated heterocycles. The summed E-state index contributed by atoms with van der Waals surface area (Å²) in [6, 6.07) is -0.871. The molecular formula is C58H104N2O7P+. The van der Waals surface area contributed by atoms with E-state index in [9.17, 15) is 19.0 Å². The molecule has 0 spiro atoms. The van der Waals surface area contributed by atoms with E-state index in [1.165, 1.54) is 70.6 Å². The molecule has 2 N–H and O–H groups in total. The highest BCUT2D eigenvalue weighted by Crippen LogP contribution is 2.43. The summed E-state index contributed by atoms with van der Waals surface area (Å²) in [5.74, 6) is -0.563. The Hall–Kier alpha value is -2.81. The largest absolute Gasteiger partial charge is 0.472 e. The van der Waals surface area contributed by atoms with Gasteiger partial charge < -0.3 is 19.4 Å². The van der Waals surface area contributed by atoms with Crippen LogP contribution in [0.3, 0.4) is 0 Å². The van der Waals surface area contributed by atoms with Crippen molar-refractivity contribution >= 4 is 19.7 Å². The summed E-state index contributed by atoms with van der Waals surface area (Å²) in [4.78, 5) is 37.5. The molecule has 3 unspecified atom stereocenters. The van der Waals surface area contributed by atoms with Crippen LogP contribution in [0.1, 0.15) is 220 Å². The van der Waals surface area contributed by atoms with Gasteiger partial charge in [-0.15, -0.1) is 0 Å². The molecule has 68 heavy (non-hydrogen) atoms. The second-order valence-electron chi connectivity index (χ2n) is 19.4. The average Bonchev–Trinajstić information content (AvgIpc) is 3.29. The molecular weight excluding hydrogens is 868 g/mol. The van der Waals surface area contributed by atoms with Gasteiger partial charge in [0.2, 0.25) is 5.91 Å². The van der Waals surface area contributed by atoms with E-state index in [1.807, 2.05) is 33.3 Å². The predicted molar refractivity (Wildman–Crippen MR) is 291 cm³/mol. The van der Waals surface area contributed by atoms with Crippen molar-refractivity contribution in [3.8, 4) is 0 Å². The number of phosphoric ester groups is 1. The van der Waals surface area contributed by atoms with Gasteiger partial charge in [0, 0.05) is 12.8 Å². The number of carbonyl (C=O) groups is 2. The van der Waals surface area contributed by atoms with Gasteiger partial charge >= 0.3 is 13.8 Å². The Balaban J connectivity index is 5.44. The summed E-state index contributed by atoms with van der Waals surface area (Å²) in [5, 5.41) is 3.02. The van der Waals surface area contributed by atoms with Crippen molar-refractivity contribution < 1.29 is 37.3 Å². The van der Waals surface area contributed by atoms with Crippen LogP contribution < -0.4 is 5.32 Å². The van der Waals surface area contributed by atoms with E-state index in [4.69, 9.17) is 13.8 Å². The number of unbranched alkanes of at least 4 members (excludes halogenated alkanes) is 20. The Kier molecular flexibility index (Phi) is 45.9. The van der Waals surface area contributed by atoms with Crippen LogP contribution >= 0.6 is 7.82 Å². The first kappa shape index (κ1) is 65.2. The summed E-state index contributed by atoms with van der Waals surface area (Å²) in [6.07, 6.45) is 61.5. The number of amides is 1. The Morgan fingerprint density at radius 2 is 0.941 bits per heavy atom. The number of nitrogens with zero attached hydrogens (tertiary/aromatic N) is 1. The van der Waals surface area contributed by atoms with Crippen LogP contribution in [0, 0.1) is 0 Å². The number of esters is 1. The minimum Gasteiger partial charge on any atom is -0.456 e. The number of carbonyl (C=O) groups excluding carboxylic acids is 2. The third-order valence-corrected chi connectivity index (χ3v) is 12.6. The van der Waals surface area contributed by atoms with Gasteiger partial charge in [-0.3, -0.25) is 18.6 Å². The number of quaternary nitrogens is 1. The topological polar surface area (TPSA) is 111 Å². The van der Waals surface area contributed by atoms with Crippen LogP contribution in [0.25, 0.3) is 0 Å². The zero-order valence-corrected chi connectivity index (χ0v) is 45.5. The molecule has 0 fully saturated rings. The van der Waals surface area contributed by atoms with E-state index in [-0.39, 0.29) is 31.5 Å². The van der Waals surface area contributed by atoms with Gasteiger partial charge in [0.05, 0.1) is 33.8 Å². The number of ether oxygens (including phenoxy) is 1. The number of phosphoric acid groups is 1. The maximum atomic E-state index is 13.4. The van der Waals surface area contributed by atoms with Crippen LogP contribution in [-0.4, -0.2) is 74.3 Å². The monoisotopic (exact) mass is 972 g/mol. The van der Waals surface area contributed by atoms with Gasteiger partial charge in [0.25, 0.3) is 0 Å². The summed E-state index contributed by atoms with van der Waals surface area (Å²) in [7, 11) is 1.45. The quantitative estimate of drug-likeness (QED) is 0.0205. The molecule has 0 saturated carbocycles. The van der Waals surface area contributed by atoms with E-state index < -0.39 is 20.0 Å². The Labute approximate surface area is 418 Å². The second-order valence-corrected chi connectivity index (χ2v) is 20.8. The molecule has 0 aliphatic carbocycles. The normalized spacial score (nSPS) is 14.5. The number of hydrogen-bond acceptors (Lipinski definition) is 6. The predicted octanol–water partition coefficient (Wildman–Crippen LogP) is 16.3. The Morgan fingerprint density at radius 1 is 0.529 bits per heavy atom. The SMILES string of the molecule is CC/C=C/C/C=C/C/C=C/CCCCCCC(=O)NC(COP(=O)(O)OCC[N+](C)(C)C)C(/C=C/CCCCCCCCCCC)OC(=O)CCCCCC/C=C\C/C=C\C/C=C\CCCCC. The number of hydrogen-bond donors (Lipinski definition) is 2. The zero-order chi connectivity index (χ0) is 50.1. The molecule has 392 valence electrons. The molecule has 0 aliphatic rings. The van der Waals surface area contributed by atoms with Crippen molar-refractivity contribution in [2.24, 2.45) is 0 Å². The van der Waals surface area contributed by atoms with Gasteiger partial charge in [-0.05, 0) is 102 Å². The number of likely N-dealkylation sites (N-methyl/N-ethyl adjacent to an activating group) is 1. The molecule has 0 rings (SSSR count). The van der Waals surface area contributed by atoms with Crippen LogP contribution in [0.2, 0.25) is 0 Å². The van der Waals surface area contributed by atoms with Crippen molar-refractivity contribution in [2.45, 2.75) is 232 Å². The fourth-order valence-electron chi connectivity index (χ4n) is 7.31. The van der Waals surface area contributed by atoms with Crippen LogP contribution in [0.4, 0.5) is 0 Å². The van der Waals surface area contributed by atoms with Gasteiger partial charge in [0.1, 0.15) is 19.3 Å². The van der Waals surface area contributed by atoms with E-state index in [0.29, 0.717) is 30.3 Å². The molecule has 0 aliphatic heterocycles. The van der Waals surface area contributed by atoms with E-state index >= 15 is 0 Å². The summed E-state index contributed by atoms with van der Waals surface area (Å²) in [6.45, 7) is 6.81. The van der Waals surface area contributed by atoms with Gasteiger partial charge in [0.15, 0.2) is 0 Å². The third kappa shape index (κ3) is 48.2. The smallest absolute Gasteiger partial charge is 0.456 e. The zero-order valence-electron chi connectivity index (χ0n) is 44.6. The lowest BCUT2D eigenvalue weighted by molar-refractivity contribution is -0.870. The second kappa shape index (κ2) is 47.8. The first-order valence-electron chi connectivity index (χ1n) is 27.4. The fourth-order valence-corrected chi connectivity index (χ4v) is 8.05. The number of rotatable bonds is 48. The Morgan fingerprint density at radius 3 is 1.44 bits per heavy atom. The van der Waals surface area contributed by atoms with E-state index in [1.54, 1.807) is 0 Å². The lowest BCUT2D eigenvalue weighted by Gasteiger charge is -2.27. The van der Waals surface area contributed by atoms with Crippen molar-refractivity contribution in [3.63, 3.8) is 0 Å². The van der Waals surface area contributed by atoms with Crippen LogP contribution in [0.15, 0.2) is 85.1 Å². The van der Waals surface area contributed by atoms with Crippen molar-refractivity contribution in [3.05, 3.63) is 85.1 Å². The van der Waals surface area contributed by atoms with Gasteiger partial charge in [-0.2, -0.15) is 0 Å². The number of allylic oxidation sites excluding steroid dienone is 13. The molecule has 0 heterocycles. The van der Waals surface area contributed by atoms with Crippen molar-refractivity contribution in [2.75, 3.05) is 40.9 Å². The van der Waals surface area contributed by atoms with E-state index in [2.05, 4.69) is 99.0 Å². The minimum atomic E-state index is -4.46. The molecule has 0 bridgehead atoms. The highest BCUT2D eigenvalue weighted by Gasteiger charge is 2.30. The standard InChI is InChI=1S/C58H103N2O7P/c1-7-10-13-16-19-22-25-27-29-30-31-33-36-39-42-45-48-51-58(62)67-56(49-46-43-40-37-34-24-21-18-15-12-9-3)55(54-66-68(63,64)65-53-52-60(4,5)6)59-57(61)50-47-44-41-38-35-32-28-26-23-20-17-14-11-8-2/h11,14,19-20,22-23,27-29,31-33,46,49,55-56H,7-10,12-13,15-18,21,24-26,30,34-45,47-48,50-54H2,1-6H3,(H-,59,61,63,64)/p+1/b14-11+,22-19-,23-20+,29-27-,32-28+,33-31-,49-46+. The first-order chi connectivity index (χ1) is 32.9. The minimum absolute atomic E-state index is 0.0279. The molecule has 0 aromatic heterocycles. The van der Waals surface area contributed by atoms with Crippen molar-refractivity contribution in [1.82, 2.24) is 5.32 Å². The lowest BCUT2D eigenvalue weighted by Crippen LogP contribution is -2.47. The third-order valence-electron chi connectivity index (χ3n) is 11.6. The van der Waals surface area contributed by atoms with Crippen molar-refractivity contribution in [1.29, 1.82) is 0 Å². The molecule has 1 amide bonds. The fraction of sp³-hybridized carbons (Fsp3) is 0.724. The Bertz CT molecular complexity index is 1440. The molecule has 3 atom stereocenters. The summed E-state index contributed by atoms with van der Waals surface area (Å²) >= 11 is 0. The molecule has 0 aromatic carbocycles. The molecule has 9 nitrogen and oxygen atoms in total. The van der Waals surface area contributed by atoms with Gasteiger partial charge in [-0.25, -0.2) is 4.57 Å². The lowest BCUT2D eigenvalue weighted by atomic mass is 10.1. The van der Waals surface area contributed by atoms with E-state index in [0.717, 1.165) is 103 Å². The molecule has 10 heteroatoms. The summed E-state index contributed by atoms with van der Waals surface area (Å²) < 4.78 is 30.5. The highest BCUT2D eigenvalue weighted by molar-refractivity contribution is 7.47. The summed E-state index contributed by atoms with van der Waals surface area (Å²) in [5.41, 5.74) is 0. The van der Waals surface area contributed by atoms with Crippen LogP contribution in [0.5, 0.6) is 0 Å². The highest BCUT2D eigenvalue weighted by atomic mass is 31.2. The average molecular weight is 972 g/mol. The first-order valence-corrected chi connectivity index (χ1v) is 28.9. The molecule has 0 aromatic rings. The van der Waals surface area contributed by atoms with Crippen LogP contribution in [-0.2, 0) is 27.9 Å². The maximum Gasteiger partial charge on any atom is 0.472 e. The van der Waals surface area contributed by atoms with Gasteiger partial charge in [-0.1, -0.05) is 190 Å². The maximum absolute atomic E-state index is 13.4.